The quantitative estimate of drug-likeness (QED) is 0.477. The van der Waals surface area contributed by atoms with Gasteiger partial charge in [0.15, 0.2) is 0 Å². The number of aliphatic hydroxyl groups is 1. The molecule has 0 amide bonds. The maximum absolute atomic E-state index is 10.1. The predicted octanol–water partition coefficient (Wildman–Crippen LogP) is 1.24. The molecule has 0 spiro atoms. The number of carbonyl (C=O) groups excluding carboxylic acids is 1. The van der Waals surface area contributed by atoms with E-state index in [0.717, 1.165) is 6.42 Å². The van der Waals surface area contributed by atoms with Gasteiger partial charge < -0.3 is 9.84 Å². The molecule has 0 radical (unpaired) electrons. The van der Waals surface area contributed by atoms with Crippen LogP contribution in [0.5, 0.6) is 0 Å². The molecule has 0 aromatic carbocycles. The second-order valence-electron chi connectivity index (χ2n) is 2.87. The SMILES string of the molecule is C=C(C)CC.N=C1OC(=O)CC1O. The van der Waals surface area contributed by atoms with Crippen molar-refractivity contribution >= 4 is 11.9 Å². The van der Waals surface area contributed by atoms with E-state index in [1.807, 2.05) is 6.92 Å². The van der Waals surface area contributed by atoms with Gasteiger partial charge in [0.1, 0.15) is 6.10 Å². The van der Waals surface area contributed by atoms with Crippen molar-refractivity contribution in [1.29, 1.82) is 5.41 Å². The predicted molar refractivity (Wildman–Crippen MR) is 49.5 cm³/mol. The first-order chi connectivity index (χ1) is 5.97. The largest absolute Gasteiger partial charge is 0.409 e. The smallest absolute Gasteiger partial charge is 0.315 e. The Morgan fingerprint density at radius 1 is 1.85 bits per heavy atom. The van der Waals surface area contributed by atoms with Crippen LogP contribution in [0.15, 0.2) is 12.2 Å². The highest BCUT2D eigenvalue weighted by molar-refractivity contribution is 5.97. The van der Waals surface area contributed by atoms with Gasteiger partial charge in [-0.25, -0.2) is 0 Å². The molecular formula is C9H15NO3. The second-order valence-corrected chi connectivity index (χ2v) is 2.87. The van der Waals surface area contributed by atoms with Gasteiger partial charge >= 0.3 is 5.97 Å². The number of esters is 1. The van der Waals surface area contributed by atoms with Gasteiger partial charge in [0.2, 0.25) is 5.90 Å². The van der Waals surface area contributed by atoms with Gasteiger partial charge in [-0.3, -0.25) is 10.2 Å². The normalized spacial score (nSPS) is 20.4. The van der Waals surface area contributed by atoms with Crippen LogP contribution < -0.4 is 0 Å². The van der Waals surface area contributed by atoms with E-state index in [1.54, 1.807) is 0 Å². The standard InChI is InChI=1S/C5H10.C4H5NO3/c1-4-5(2)3;5-4-2(6)1-3(7)8-4/h2,4H2,1,3H3;2,5-6H,1H2. The Kier molecular flexibility index (Phi) is 4.99. The fourth-order valence-electron chi connectivity index (χ4n) is 0.483. The van der Waals surface area contributed by atoms with E-state index < -0.39 is 12.1 Å². The molecule has 4 nitrogen and oxygen atoms in total. The molecule has 1 rings (SSSR count). The summed E-state index contributed by atoms with van der Waals surface area (Å²) in [6.07, 6.45) is 0.0428. The number of rotatable bonds is 1. The Morgan fingerprint density at radius 3 is 2.38 bits per heavy atom. The monoisotopic (exact) mass is 185 g/mol. The number of nitrogens with one attached hydrogen (secondary N) is 1. The average Bonchev–Trinajstić information content (AvgIpc) is 2.31. The first-order valence-corrected chi connectivity index (χ1v) is 4.09. The molecular weight excluding hydrogens is 170 g/mol. The van der Waals surface area contributed by atoms with Crippen molar-refractivity contribution in [1.82, 2.24) is 0 Å². The molecule has 1 heterocycles. The molecule has 2 N–H and O–H groups in total. The van der Waals surface area contributed by atoms with E-state index >= 15 is 0 Å². The van der Waals surface area contributed by atoms with Crippen LogP contribution in [0.3, 0.4) is 0 Å². The van der Waals surface area contributed by atoms with Crippen LogP contribution in [0.4, 0.5) is 0 Å². The number of cyclic esters (lactones) is 1. The molecule has 1 fully saturated rings. The third kappa shape index (κ3) is 5.14. The lowest BCUT2D eigenvalue weighted by Crippen LogP contribution is -2.10. The Hall–Kier alpha value is -1.16. The number of hydrogen-bond acceptors (Lipinski definition) is 4. The van der Waals surface area contributed by atoms with Crippen molar-refractivity contribution in [2.45, 2.75) is 32.8 Å². The fraction of sp³-hybridized carbons (Fsp3) is 0.556. The third-order valence-corrected chi connectivity index (χ3v) is 1.49. The van der Waals surface area contributed by atoms with E-state index in [9.17, 15) is 4.79 Å². The minimum atomic E-state index is -0.998. The Morgan fingerprint density at radius 2 is 2.31 bits per heavy atom. The summed E-state index contributed by atoms with van der Waals surface area (Å²) < 4.78 is 4.17. The van der Waals surface area contributed by atoms with Crippen molar-refractivity contribution in [3.05, 3.63) is 12.2 Å². The summed E-state index contributed by atoms with van der Waals surface area (Å²) in [5.41, 5.74) is 1.25. The highest BCUT2D eigenvalue weighted by Crippen LogP contribution is 2.06. The highest BCUT2D eigenvalue weighted by Gasteiger charge is 2.27. The fourth-order valence-corrected chi connectivity index (χ4v) is 0.483. The topological polar surface area (TPSA) is 70.4 Å². The summed E-state index contributed by atoms with van der Waals surface area (Å²) in [5.74, 6) is -0.863. The molecule has 74 valence electrons. The molecule has 0 aromatic rings. The zero-order valence-electron chi connectivity index (χ0n) is 7.96. The van der Waals surface area contributed by atoms with Gasteiger partial charge in [-0.05, 0) is 13.3 Å². The molecule has 0 aromatic heterocycles. The van der Waals surface area contributed by atoms with Crippen LogP contribution in [-0.4, -0.2) is 23.1 Å². The summed E-state index contributed by atoms with van der Waals surface area (Å²) >= 11 is 0. The summed E-state index contributed by atoms with van der Waals surface area (Å²) in [6.45, 7) is 7.80. The van der Waals surface area contributed by atoms with E-state index in [1.165, 1.54) is 5.57 Å². The summed E-state index contributed by atoms with van der Waals surface area (Å²) in [5, 5.41) is 15.3. The van der Waals surface area contributed by atoms with Crippen LogP contribution in [0.1, 0.15) is 26.7 Å². The molecule has 1 unspecified atom stereocenters. The van der Waals surface area contributed by atoms with Crippen LogP contribution >= 0.6 is 0 Å². The molecule has 1 aliphatic heterocycles. The van der Waals surface area contributed by atoms with Crippen LogP contribution in [0.25, 0.3) is 0 Å². The molecule has 1 saturated heterocycles. The van der Waals surface area contributed by atoms with E-state index in [0.29, 0.717) is 0 Å². The van der Waals surface area contributed by atoms with Gasteiger partial charge in [-0.15, -0.1) is 6.58 Å². The first-order valence-electron chi connectivity index (χ1n) is 4.09. The van der Waals surface area contributed by atoms with E-state index in [2.05, 4.69) is 18.2 Å². The van der Waals surface area contributed by atoms with Crippen LogP contribution in [0, 0.1) is 5.41 Å². The molecule has 1 aliphatic rings. The van der Waals surface area contributed by atoms with Gasteiger partial charge in [-0.1, -0.05) is 12.5 Å². The molecule has 1 atom stereocenters. The molecule has 0 aliphatic carbocycles. The minimum Gasteiger partial charge on any atom is -0.409 e. The van der Waals surface area contributed by atoms with Crippen LogP contribution in [0.2, 0.25) is 0 Å². The maximum Gasteiger partial charge on any atom is 0.315 e. The number of ether oxygens (including phenoxy) is 1. The summed E-state index contributed by atoms with van der Waals surface area (Å²) in [4.78, 5) is 10.1. The van der Waals surface area contributed by atoms with Gasteiger partial charge in [0.05, 0.1) is 6.42 Å². The number of carbonyl (C=O) groups is 1. The number of aliphatic hydroxyl groups excluding tert-OH is 1. The first kappa shape index (κ1) is 11.8. The Labute approximate surface area is 77.7 Å². The third-order valence-electron chi connectivity index (χ3n) is 1.49. The zero-order valence-corrected chi connectivity index (χ0v) is 7.96. The van der Waals surface area contributed by atoms with Crippen molar-refractivity contribution < 1.29 is 14.6 Å². The minimum absolute atomic E-state index is 0.0706. The van der Waals surface area contributed by atoms with Crippen molar-refractivity contribution in [3.63, 3.8) is 0 Å². The molecule has 0 bridgehead atoms. The van der Waals surface area contributed by atoms with Crippen LogP contribution in [-0.2, 0) is 9.53 Å². The zero-order chi connectivity index (χ0) is 10.4. The van der Waals surface area contributed by atoms with Gasteiger partial charge in [-0.2, -0.15) is 0 Å². The lowest BCUT2D eigenvalue weighted by molar-refractivity contribution is -0.133. The highest BCUT2D eigenvalue weighted by atomic mass is 16.6. The average molecular weight is 185 g/mol. The van der Waals surface area contributed by atoms with Gasteiger partial charge in [0.25, 0.3) is 0 Å². The number of hydrogen-bond donors (Lipinski definition) is 2. The lowest BCUT2D eigenvalue weighted by atomic mass is 10.3. The van der Waals surface area contributed by atoms with Gasteiger partial charge in [0, 0.05) is 0 Å². The molecule has 0 saturated carbocycles. The Bertz CT molecular complexity index is 223. The van der Waals surface area contributed by atoms with Crippen molar-refractivity contribution in [2.75, 3.05) is 0 Å². The lowest BCUT2D eigenvalue weighted by Gasteiger charge is -1.90. The summed E-state index contributed by atoms with van der Waals surface area (Å²) in [6, 6.07) is 0. The van der Waals surface area contributed by atoms with Crippen molar-refractivity contribution in [3.8, 4) is 0 Å². The summed E-state index contributed by atoms with van der Waals surface area (Å²) in [7, 11) is 0. The van der Waals surface area contributed by atoms with E-state index in [-0.39, 0.29) is 12.3 Å². The molecule has 4 heteroatoms. The Balaban J connectivity index is 0.000000252. The second kappa shape index (κ2) is 5.48. The van der Waals surface area contributed by atoms with Crippen molar-refractivity contribution in [2.24, 2.45) is 0 Å². The maximum atomic E-state index is 10.1. The molecule has 13 heavy (non-hydrogen) atoms. The van der Waals surface area contributed by atoms with E-state index in [4.69, 9.17) is 10.5 Å². The number of allylic oxidation sites excluding steroid dienone is 1.